The highest BCUT2D eigenvalue weighted by atomic mass is 32.1. The van der Waals surface area contributed by atoms with E-state index < -0.39 is 5.97 Å². The van der Waals surface area contributed by atoms with Crippen LogP contribution in [0.15, 0.2) is 41.8 Å². The quantitative estimate of drug-likeness (QED) is 0.510. The van der Waals surface area contributed by atoms with E-state index >= 15 is 0 Å². The monoisotopic (exact) mass is 415 g/mol. The highest BCUT2D eigenvalue weighted by Gasteiger charge is 2.19. The predicted molar refractivity (Wildman–Crippen MR) is 109 cm³/mol. The highest BCUT2D eigenvalue weighted by molar-refractivity contribution is 7.13. The molecule has 0 aliphatic heterocycles. The molecule has 0 aliphatic carbocycles. The van der Waals surface area contributed by atoms with E-state index in [0.717, 1.165) is 10.6 Å². The zero-order valence-corrected chi connectivity index (χ0v) is 17.4. The van der Waals surface area contributed by atoms with Gasteiger partial charge in [-0.15, -0.1) is 11.3 Å². The summed E-state index contributed by atoms with van der Waals surface area (Å²) in [5, 5.41) is 2.58. The number of hydrogen-bond acceptors (Lipinski definition) is 8. The summed E-state index contributed by atoms with van der Waals surface area (Å²) in [7, 11) is 6.15. The number of hydrogen-bond donors (Lipinski definition) is 0. The van der Waals surface area contributed by atoms with Crippen LogP contribution >= 0.6 is 11.3 Å². The zero-order chi connectivity index (χ0) is 20.8. The molecule has 2 aromatic carbocycles. The third kappa shape index (κ3) is 4.27. The number of carbonyl (C=O) groups is 1. The Balaban J connectivity index is 1.76. The van der Waals surface area contributed by atoms with E-state index in [0.29, 0.717) is 28.7 Å². The van der Waals surface area contributed by atoms with Crippen LogP contribution in [0.2, 0.25) is 0 Å². The molecule has 7 nitrogen and oxygen atoms in total. The second kappa shape index (κ2) is 9.29. The number of para-hydroxylation sites is 2. The van der Waals surface area contributed by atoms with E-state index in [9.17, 15) is 4.79 Å². The van der Waals surface area contributed by atoms with Crippen LogP contribution < -0.4 is 18.9 Å². The molecule has 0 saturated heterocycles. The Morgan fingerprint density at radius 1 is 0.897 bits per heavy atom. The second-order valence-corrected chi connectivity index (χ2v) is 6.66. The van der Waals surface area contributed by atoms with Gasteiger partial charge in [0.2, 0.25) is 0 Å². The molecule has 3 aromatic rings. The van der Waals surface area contributed by atoms with Gasteiger partial charge in [0, 0.05) is 5.38 Å². The van der Waals surface area contributed by atoms with Gasteiger partial charge in [-0.3, -0.25) is 0 Å². The Labute approximate surface area is 172 Å². The van der Waals surface area contributed by atoms with Crippen LogP contribution in [0.4, 0.5) is 0 Å². The van der Waals surface area contributed by atoms with Crippen molar-refractivity contribution in [1.29, 1.82) is 0 Å². The Morgan fingerprint density at radius 3 is 2.21 bits per heavy atom. The van der Waals surface area contributed by atoms with Crippen molar-refractivity contribution in [2.24, 2.45) is 0 Å². The van der Waals surface area contributed by atoms with Gasteiger partial charge in [0.25, 0.3) is 0 Å². The molecular weight excluding hydrogens is 394 g/mol. The van der Waals surface area contributed by atoms with Gasteiger partial charge in [-0.2, -0.15) is 0 Å². The smallest absolute Gasteiger partial charge is 0.342 e. The maximum Gasteiger partial charge on any atom is 0.342 e. The molecule has 0 unspecified atom stereocenters. The summed E-state index contributed by atoms with van der Waals surface area (Å²) in [6.07, 6.45) is 0. The Bertz CT molecular complexity index is 1000. The molecule has 3 rings (SSSR count). The van der Waals surface area contributed by atoms with Gasteiger partial charge < -0.3 is 23.7 Å². The van der Waals surface area contributed by atoms with Crippen LogP contribution in [-0.4, -0.2) is 39.4 Å². The van der Waals surface area contributed by atoms with E-state index in [4.69, 9.17) is 23.7 Å². The fourth-order valence-corrected chi connectivity index (χ4v) is 3.64. The first-order valence-corrected chi connectivity index (χ1v) is 9.54. The van der Waals surface area contributed by atoms with E-state index in [1.165, 1.54) is 25.6 Å². The van der Waals surface area contributed by atoms with Crippen molar-refractivity contribution < 1.29 is 28.5 Å². The van der Waals surface area contributed by atoms with Crippen LogP contribution in [-0.2, 0) is 11.3 Å². The lowest BCUT2D eigenvalue weighted by molar-refractivity contribution is 0.0464. The molecule has 0 atom stereocenters. The third-order valence-electron chi connectivity index (χ3n) is 4.16. The predicted octanol–water partition coefficient (Wildman–Crippen LogP) is 4.20. The van der Waals surface area contributed by atoms with Crippen LogP contribution in [0.25, 0.3) is 10.6 Å². The summed E-state index contributed by atoms with van der Waals surface area (Å²) in [5.74, 6) is 1.50. The van der Waals surface area contributed by atoms with Gasteiger partial charge in [0.15, 0.2) is 23.0 Å². The highest BCUT2D eigenvalue weighted by Crippen LogP contribution is 2.39. The Kier molecular flexibility index (Phi) is 6.56. The van der Waals surface area contributed by atoms with Crippen LogP contribution in [0.5, 0.6) is 23.0 Å². The number of esters is 1. The summed E-state index contributed by atoms with van der Waals surface area (Å²) >= 11 is 1.43. The van der Waals surface area contributed by atoms with Gasteiger partial charge in [0.05, 0.1) is 39.7 Å². The maximum absolute atomic E-state index is 12.5. The van der Waals surface area contributed by atoms with E-state index in [-0.39, 0.29) is 12.2 Å². The largest absolute Gasteiger partial charge is 0.493 e. The Hall–Kier alpha value is -3.26. The van der Waals surface area contributed by atoms with Crippen molar-refractivity contribution in [3.05, 3.63) is 53.0 Å². The van der Waals surface area contributed by atoms with Crippen molar-refractivity contribution in [2.45, 2.75) is 6.61 Å². The summed E-state index contributed by atoms with van der Waals surface area (Å²) < 4.78 is 26.7. The standard InChI is InChI=1S/C21H21NO6S/c1-24-16-9-5-7-14(18(16)26-3)20-22-13(12-29-20)11-28-21(23)15-8-6-10-17(25-2)19(15)27-4/h5-10,12H,11H2,1-4H3. The molecule has 0 N–H and O–H groups in total. The molecule has 0 bridgehead atoms. The summed E-state index contributed by atoms with van der Waals surface area (Å²) in [5.41, 5.74) is 1.73. The summed E-state index contributed by atoms with van der Waals surface area (Å²) in [6, 6.07) is 10.6. The number of rotatable bonds is 8. The minimum absolute atomic E-state index is 0.0297. The van der Waals surface area contributed by atoms with Crippen molar-refractivity contribution in [3.8, 4) is 33.6 Å². The molecule has 29 heavy (non-hydrogen) atoms. The molecule has 0 saturated carbocycles. The molecule has 1 heterocycles. The van der Waals surface area contributed by atoms with Gasteiger partial charge in [-0.1, -0.05) is 12.1 Å². The Morgan fingerprint density at radius 2 is 1.55 bits per heavy atom. The average molecular weight is 415 g/mol. The number of aromatic nitrogens is 1. The van der Waals surface area contributed by atoms with E-state index in [2.05, 4.69) is 4.98 Å². The summed E-state index contributed by atoms with van der Waals surface area (Å²) in [4.78, 5) is 17.1. The second-order valence-electron chi connectivity index (χ2n) is 5.80. The topological polar surface area (TPSA) is 76.1 Å². The molecule has 1 aromatic heterocycles. The number of benzene rings is 2. The molecular formula is C21H21NO6S. The summed E-state index contributed by atoms with van der Waals surface area (Å²) in [6.45, 7) is 0.0297. The van der Waals surface area contributed by atoms with E-state index in [1.54, 1.807) is 32.4 Å². The van der Waals surface area contributed by atoms with Crippen molar-refractivity contribution >= 4 is 17.3 Å². The van der Waals surface area contributed by atoms with Crippen molar-refractivity contribution in [2.75, 3.05) is 28.4 Å². The SMILES string of the molecule is COc1cccc(C(=O)OCc2csc(-c3cccc(OC)c3OC)n2)c1OC. The van der Waals surface area contributed by atoms with Crippen molar-refractivity contribution in [1.82, 2.24) is 4.98 Å². The number of thiazole rings is 1. The fourth-order valence-electron chi connectivity index (χ4n) is 2.82. The maximum atomic E-state index is 12.5. The van der Waals surface area contributed by atoms with Gasteiger partial charge in [0.1, 0.15) is 17.2 Å². The van der Waals surface area contributed by atoms with E-state index in [1.807, 2.05) is 23.6 Å². The number of methoxy groups -OCH3 is 4. The number of nitrogens with zero attached hydrogens (tertiary/aromatic N) is 1. The molecule has 0 spiro atoms. The third-order valence-corrected chi connectivity index (χ3v) is 5.08. The fraction of sp³-hybridized carbons (Fsp3) is 0.238. The minimum Gasteiger partial charge on any atom is -0.493 e. The van der Waals surface area contributed by atoms with Gasteiger partial charge in [-0.05, 0) is 24.3 Å². The average Bonchev–Trinajstić information content (AvgIpc) is 3.24. The molecule has 0 fully saturated rings. The number of ether oxygens (including phenoxy) is 5. The lowest BCUT2D eigenvalue weighted by Gasteiger charge is -2.11. The normalized spacial score (nSPS) is 10.3. The first-order valence-electron chi connectivity index (χ1n) is 8.66. The molecule has 0 radical (unpaired) electrons. The lowest BCUT2D eigenvalue weighted by Crippen LogP contribution is -2.08. The van der Waals surface area contributed by atoms with Crippen LogP contribution in [0, 0.1) is 0 Å². The molecule has 8 heteroatoms. The van der Waals surface area contributed by atoms with Crippen molar-refractivity contribution in [3.63, 3.8) is 0 Å². The first kappa shape index (κ1) is 20.5. The molecule has 152 valence electrons. The zero-order valence-electron chi connectivity index (χ0n) is 16.6. The molecule has 0 aliphatic rings. The van der Waals surface area contributed by atoms with Crippen LogP contribution in [0.1, 0.15) is 16.1 Å². The number of carbonyl (C=O) groups excluding carboxylic acids is 1. The molecule has 0 amide bonds. The van der Waals surface area contributed by atoms with Gasteiger partial charge >= 0.3 is 5.97 Å². The minimum atomic E-state index is -0.519. The van der Waals surface area contributed by atoms with Crippen LogP contribution in [0.3, 0.4) is 0 Å². The van der Waals surface area contributed by atoms with Gasteiger partial charge in [-0.25, -0.2) is 9.78 Å². The first-order chi connectivity index (χ1) is 14.1. The lowest BCUT2D eigenvalue weighted by atomic mass is 10.2.